The highest BCUT2D eigenvalue weighted by Crippen LogP contribution is 2.21. The van der Waals surface area contributed by atoms with Gasteiger partial charge in [-0.2, -0.15) is 0 Å². The quantitative estimate of drug-likeness (QED) is 0.697. The largest absolute Gasteiger partial charge is 0.381 e. The molecule has 1 heterocycles. The molecule has 90 valence electrons. The zero-order valence-electron chi connectivity index (χ0n) is 10.2. The minimum absolute atomic E-state index is 0.535. The van der Waals surface area contributed by atoms with Crippen molar-refractivity contribution in [3.63, 3.8) is 0 Å². The molecule has 1 rings (SSSR count). The van der Waals surface area contributed by atoms with Gasteiger partial charge < -0.3 is 10.5 Å². The Kier molecular flexibility index (Phi) is 6.22. The van der Waals surface area contributed by atoms with Crippen molar-refractivity contribution in [3.05, 3.63) is 0 Å². The maximum atomic E-state index is 5.92. The second-order valence-corrected chi connectivity index (χ2v) is 4.46. The fourth-order valence-corrected chi connectivity index (χ4v) is 2.51. The second-order valence-electron chi connectivity index (χ2n) is 4.46. The van der Waals surface area contributed by atoms with E-state index in [2.05, 4.69) is 18.7 Å². The number of hydrogen-bond acceptors (Lipinski definition) is 3. The fraction of sp³-hybridized carbons (Fsp3) is 1.00. The molecule has 1 fully saturated rings. The van der Waals surface area contributed by atoms with Crippen molar-refractivity contribution >= 4 is 0 Å². The van der Waals surface area contributed by atoms with E-state index in [0.717, 1.165) is 19.8 Å². The molecule has 1 aliphatic rings. The number of nitrogens with two attached hydrogens (primary N) is 1. The third-order valence-corrected chi connectivity index (χ3v) is 3.24. The Bertz CT molecular complexity index is 152. The number of nitrogens with zero attached hydrogens (tertiary/aromatic N) is 1. The van der Waals surface area contributed by atoms with Crippen LogP contribution in [0.2, 0.25) is 0 Å². The summed E-state index contributed by atoms with van der Waals surface area (Å²) in [6.07, 6.45) is 3.61. The van der Waals surface area contributed by atoms with Crippen LogP contribution in [-0.2, 0) is 4.74 Å². The fourth-order valence-electron chi connectivity index (χ4n) is 2.51. The van der Waals surface area contributed by atoms with Gasteiger partial charge in [-0.25, -0.2) is 0 Å². The van der Waals surface area contributed by atoms with E-state index in [4.69, 9.17) is 10.5 Å². The van der Waals surface area contributed by atoms with Crippen molar-refractivity contribution in [2.45, 2.75) is 39.2 Å². The van der Waals surface area contributed by atoms with Gasteiger partial charge in [0.05, 0.1) is 6.61 Å². The minimum Gasteiger partial charge on any atom is -0.381 e. The van der Waals surface area contributed by atoms with Crippen LogP contribution in [0.3, 0.4) is 0 Å². The summed E-state index contributed by atoms with van der Waals surface area (Å²) in [6, 6.07) is 0.535. The van der Waals surface area contributed by atoms with Crippen LogP contribution in [-0.4, -0.2) is 43.8 Å². The molecule has 0 aromatic carbocycles. The third kappa shape index (κ3) is 3.74. The van der Waals surface area contributed by atoms with E-state index in [1.165, 1.54) is 32.4 Å². The lowest BCUT2D eigenvalue weighted by Gasteiger charge is -2.34. The Morgan fingerprint density at radius 2 is 2.00 bits per heavy atom. The van der Waals surface area contributed by atoms with Crippen molar-refractivity contribution in [2.75, 3.05) is 32.8 Å². The second kappa shape index (κ2) is 7.20. The highest BCUT2D eigenvalue weighted by Gasteiger charge is 2.28. The first-order valence-electron chi connectivity index (χ1n) is 6.35. The van der Waals surface area contributed by atoms with E-state index in [0.29, 0.717) is 12.0 Å². The van der Waals surface area contributed by atoms with E-state index >= 15 is 0 Å². The van der Waals surface area contributed by atoms with E-state index in [1.54, 1.807) is 0 Å². The monoisotopic (exact) mass is 214 g/mol. The molecule has 0 aromatic rings. The summed E-state index contributed by atoms with van der Waals surface area (Å²) in [6.45, 7) is 9.42. The smallest absolute Gasteiger partial charge is 0.0510 e. The lowest BCUT2D eigenvalue weighted by Crippen LogP contribution is -2.46. The molecule has 15 heavy (non-hydrogen) atoms. The zero-order valence-corrected chi connectivity index (χ0v) is 10.2. The molecule has 0 bridgehead atoms. The van der Waals surface area contributed by atoms with Crippen molar-refractivity contribution < 1.29 is 4.74 Å². The summed E-state index contributed by atoms with van der Waals surface area (Å²) in [4.78, 5) is 2.55. The lowest BCUT2D eigenvalue weighted by molar-refractivity contribution is 0.121. The molecule has 3 heteroatoms. The summed E-state index contributed by atoms with van der Waals surface area (Å²) >= 11 is 0. The van der Waals surface area contributed by atoms with Gasteiger partial charge in [0.15, 0.2) is 0 Å². The molecule has 2 N–H and O–H groups in total. The van der Waals surface area contributed by atoms with E-state index in [-0.39, 0.29) is 0 Å². The Labute approximate surface area is 94.0 Å². The van der Waals surface area contributed by atoms with Gasteiger partial charge in [-0.05, 0) is 32.4 Å². The minimum atomic E-state index is 0.535. The first kappa shape index (κ1) is 12.9. The zero-order chi connectivity index (χ0) is 11.1. The van der Waals surface area contributed by atoms with Crippen LogP contribution in [0.5, 0.6) is 0 Å². The molecule has 2 unspecified atom stereocenters. The molecule has 0 spiro atoms. The van der Waals surface area contributed by atoms with Crippen LogP contribution in [0.1, 0.15) is 33.1 Å². The Balaban J connectivity index is 2.50. The van der Waals surface area contributed by atoms with Gasteiger partial charge in [-0.15, -0.1) is 0 Å². The van der Waals surface area contributed by atoms with Crippen LogP contribution in [0.25, 0.3) is 0 Å². The van der Waals surface area contributed by atoms with Crippen LogP contribution in [0, 0.1) is 5.92 Å². The Hall–Kier alpha value is -0.120. The standard InChI is InChI=1S/C12H26N2O/c1-3-6-14(7-4-2)12(9-13)11-5-8-15-10-11/h11-12H,3-10,13H2,1-2H3. The molecular weight excluding hydrogens is 188 g/mol. The van der Waals surface area contributed by atoms with Crippen molar-refractivity contribution in [1.29, 1.82) is 0 Å². The van der Waals surface area contributed by atoms with Gasteiger partial charge in [0.2, 0.25) is 0 Å². The third-order valence-electron chi connectivity index (χ3n) is 3.24. The summed E-state index contributed by atoms with van der Waals surface area (Å²) in [5, 5.41) is 0. The van der Waals surface area contributed by atoms with E-state index in [1.807, 2.05) is 0 Å². The molecule has 0 aromatic heterocycles. The lowest BCUT2D eigenvalue weighted by atomic mass is 9.97. The molecule has 0 saturated carbocycles. The Morgan fingerprint density at radius 1 is 1.33 bits per heavy atom. The van der Waals surface area contributed by atoms with Gasteiger partial charge in [0, 0.05) is 25.1 Å². The van der Waals surface area contributed by atoms with Gasteiger partial charge in [0.1, 0.15) is 0 Å². The molecule has 0 radical (unpaired) electrons. The van der Waals surface area contributed by atoms with Gasteiger partial charge in [-0.1, -0.05) is 13.8 Å². The first-order chi connectivity index (χ1) is 7.33. The van der Waals surface area contributed by atoms with E-state index < -0.39 is 0 Å². The maximum absolute atomic E-state index is 5.92. The van der Waals surface area contributed by atoms with Gasteiger partial charge >= 0.3 is 0 Å². The van der Waals surface area contributed by atoms with Crippen LogP contribution >= 0.6 is 0 Å². The van der Waals surface area contributed by atoms with Crippen LogP contribution < -0.4 is 5.73 Å². The SMILES string of the molecule is CCCN(CCC)C(CN)C1CCOC1. The molecule has 1 saturated heterocycles. The van der Waals surface area contributed by atoms with Gasteiger partial charge in [-0.3, -0.25) is 4.90 Å². The Morgan fingerprint density at radius 3 is 2.40 bits per heavy atom. The van der Waals surface area contributed by atoms with E-state index in [9.17, 15) is 0 Å². The summed E-state index contributed by atoms with van der Waals surface area (Å²) < 4.78 is 5.46. The van der Waals surface area contributed by atoms with Gasteiger partial charge in [0.25, 0.3) is 0 Å². The first-order valence-corrected chi connectivity index (χ1v) is 6.35. The summed E-state index contributed by atoms with van der Waals surface area (Å²) in [7, 11) is 0. The number of hydrogen-bond donors (Lipinski definition) is 1. The van der Waals surface area contributed by atoms with Crippen LogP contribution in [0.4, 0.5) is 0 Å². The molecule has 1 aliphatic heterocycles. The molecule has 0 amide bonds. The van der Waals surface area contributed by atoms with Crippen molar-refractivity contribution in [3.8, 4) is 0 Å². The number of ether oxygens (including phenoxy) is 1. The number of rotatable bonds is 7. The predicted molar refractivity (Wildman–Crippen MR) is 63.9 cm³/mol. The average molecular weight is 214 g/mol. The molecule has 3 nitrogen and oxygen atoms in total. The topological polar surface area (TPSA) is 38.5 Å². The van der Waals surface area contributed by atoms with Crippen LogP contribution in [0.15, 0.2) is 0 Å². The highest BCUT2D eigenvalue weighted by atomic mass is 16.5. The highest BCUT2D eigenvalue weighted by molar-refractivity contribution is 4.82. The maximum Gasteiger partial charge on any atom is 0.0510 e. The predicted octanol–water partition coefficient (Wildman–Crippen LogP) is 1.47. The molecule has 0 aliphatic carbocycles. The summed E-state index contributed by atoms with van der Waals surface area (Å²) in [5.74, 6) is 0.660. The van der Waals surface area contributed by atoms with Crippen molar-refractivity contribution in [1.82, 2.24) is 4.90 Å². The van der Waals surface area contributed by atoms with Crippen molar-refractivity contribution in [2.24, 2.45) is 11.7 Å². The molecule has 2 atom stereocenters. The average Bonchev–Trinajstić information content (AvgIpc) is 2.73. The molecular formula is C12H26N2O. The summed E-state index contributed by atoms with van der Waals surface area (Å²) in [5.41, 5.74) is 5.92. The normalized spacial score (nSPS) is 23.6.